The van der Waals surface area contributed by atoms with E-state index in [0.29, 0.717) is 5.69 Å². The number of benzene rings is 1. The Morgan fingerprint density at radius 1 is 1.30 bits per heavy atom. The molecule has 1 aromatic carbocycles. The minimum Gasteiger partial charge on any atom is -0.406 e. The first kappa shape index (κ1) is 17.4. The average Bonchev–Trinajstić information content (AvgIpc) is 2.42. The van der Waals surface area contributed by atoms with Crippen molar-refractivity contribution in [2.24, 2.45) is 5.41 Å². The predicted molar refractivity (Wildman–Crippen MR) is 80.3 cm³/mol. The minimum absolute atomic E-state index is 0.0246. The molecule has 1 heterocycles. The molecule has 0 spiro atoms. The summed E-state index contributed by atoms with van der Waals surface area (Å²) in [5, 5.41) is 8.79. The molecule has 0 radical (unpaired) electrons. The Morgan fingerprint density at radius 3 is 2.52 bits per heavy atom. The summed E-state index contributed by atoms with van der Waals surface area (Å²) in [5.41, 5.74) is 0.323. The Morgan fingerprint density at radius 2 is 1.96 bits per heavy atom. The number of rotatable bonds is 3. The molecule has 0 aliphatic carbocycles. The van der Waals surface area contributed by atoms with Crippen molar-refractivity contribution in [3.8, 4) is 5.75 Å². The van der Waals surface area contributed by atoms with E-state index < -0.39 is 6.36 Å². The highest BCUT2D eigenvalue weighted by molar-refractivity contribution is 5.89. The fourth-order valence-electron chi connectivity index (χ4n) is 2.50. The van der Waals surface area contributed by atoms with Crippen molar-refractivity contribution in [3.05, 3.63) is 24.3 Å². The maximum absolute atomic E-state index is 12.1. The van der Waals surface area contributed by atoms with Gasteiger partial charge in [0.05, 0.1) is 0 Å². The van der Waals surface area contributed by atoms with Gasteiger partial charge in [0.15, 0.2) is 0 Å². The number of halogens is 3. The third-order valence-corrected chi connectivity index (χ3v) is 3.78. The van der Waals surface area contributed by atoms with Crippen LogP contribution in [0.25, 0.3) is 0 Å². The highest BCUT2D eigenvalue weighted by Crippen LogP contribution is 2.26. The number of hydrogen-bond donors (Lipinski definition) is 3. The standard InChI is InChI=1S/C15H20F3N3O2/c1-14(2)9-19-8-7-12(14)21-13(22)20-10-3-5-11(6-4-10)23-15(16,17)18/h3-6,12,19H,7-9H2,1-2H3,(H2,20,21,22). The number of anilines is 1. The number of ether oxygens (including phenoxy) is 1. The van der Waals surface area contributed by atoms with Crippen molar-refractivity contribution in [2.45, 2.75) is 32.7 Å². The highest BCUT2D eigenvalue weighted by Gasteiger charge is 2.33. The molecule has 8 heteroatoms. The van der Waals surface area contributed by atoms with Crippen molar-refractivity contribution in [3.63, 3.8) is 0 Å². The van der Waals surface area contributed by atoms with E-state index in [2.05, 4.69) is 34.5 Å². The molecular weight excluding hydrogens is 311 g/mol. The second-order valence-corrected chi connectivity index (χ2v) is 6.18. The first-order valence-electron chi connectivity index (χ1n) is 7.30. The van der Waals surface area contributed by atoms with Crippen molar-refractivity contribution in [1.29, 1.82) is 0 Å². The van der Waals surface area contributed by atoms with E-state index in [1.54, 1.807) is 0 Å². The van der Waals surface area contributed by atoms with Crippen LogP contribution in [0.4, 0.5) is 23.7 Å². The van der Waals surface area contributed by atoms with Crippen LogP contribution in [-0.2, 0) is 0 Å². The topological polar surface area (TPSA) is 62.4 Å². The van der Waals surface area contributed by atoms with E-state index in [0.717, 1.165) is 31.6 Å². The maximum atomic E-state index is 12.1. The van der Waals surface area contributed by atoms with Gasteiger partial charge in [-0.25, -0.2) is 4.79 Å². The smallest absolute Gasteiger partial charge is 0.406 e. The monoisotopic (exact) mass is 331 g/mol. The van der Waals surface area contributed by atoms with E-state index in [1.165, 1.54) is 12.1 Å². The lowest BCUT2D eigenvalue weighted by Gasteiger charge is -2.39. The average molecular weight is 331 g/mol. The number of amides is 2. The number of carbonyl (C=O) groups excluding carboxylic acids is 1. The molecule has 2 rings (SSSR count). The lowest BCUT2D eigenvalue weighted by Crippen LogP contribution is -2.55. The van der Waals surface area contributed by atoms with Gasteiger partial charge in [0.25, 0.3) is 0 Å². The molecule has 128 valence electrons. The summed E-state index contributed by atoms with van der Waals surface area (Å²) in [6.45, 7) is 5.76. The second-order valence-electron chi connectivity index (χ2n) is 6.18. The zero-order chi connectivity index (χ0) is 17.1. The number of urea groups is 1. The first-order chi connectivity index (χ1) is 10.7. The maximum Gasteiger partial charge on any atom is 0.573 e. The zero-order valence-corrected chi connectivity index (χ0v) is 13.0. The Bertz CT molecular complexity index is 544. The summed E-state index contributed by atoms with van der Waals surface area (Å²) in [6, 6.07) is 4.66. The molecule has 1 saturated heterocycles. The van der Waals surface area contributed by atoms with Gasteiger partial charge in [-0.3, -0.25) is 0 Å². The molecule has 1 aliphatic heterocycles. The zero-order valence-electron chi connectivity index (χ0n) is 13.0. The van der Waals surface area contributed by atoms with Crippen LogP contribution in [0.2, 0.25) is 0 Å². The highest BCUT2D eigenvalue weighted by atomic mass is 19.4. The molecule has 23 heavy (non-hydrogen) atoms. The van der Waals surface area contributed by atoms with Gasteiger partial charge in [-0.15, -0.1) is 13.2 Å². The molecule has 1 fully saturated rings. The van der Waals surface area contributed by atoms with Gasteiger partial charge in [-0.05, 0) is 42.6 Å². The Labute approximate surface area is 132 Å². The predicted octanol–water partition coefficient (Wildman–Crippen LogP) is 3.09. The summed E-state index contributed by atoms with van der Waals surface area (Å²) < 4.78 is 40.0. The normalized spacial score (nSPS) is 20.7. The number of nitrogens with one attached hydrogen (secondary N) is 3. The van der Waals surface area contributed by atoms with Crippen molar-refractivity contribution >= 4 is 11.7 Å². The quantitative estimate of drug-likeness (QED) is 0.797. The largest absolute Gasteiger partial charge is 0.573 e. The van der Waals surface area contributed by atoms with E-state index in [4.69, 9.17) is 0 Å². The Kier molecular flexibility index (Phi) is 5.03. The van der Waals surface area contributed by atoms with Crippen LogP contribution in [0.3, 0.4) is 0 Å². The van der Waals surface area contributed by atoms with E-state index >= 15 is 0 Å². The molecule has 1 atom stereocenters. The summed E-state index contributed by atoms with van der Waals surface area (Å²) in [4.78, 5) is 12.0. The van der Waals surface area contributed by atoms with Crippen molar-refractivity contribution in [2.75, 3.05) is 18.4 Å². The number of piperidine rings is 1. The van der Waals surface area contributed by atoms with E-state index in [-0.39, 0.29) is 23.2 Å². The van der Waals surface area contributed by atoms with Gasteiger partial charge in [0.2, 0.25) is 0 Å². The van der Waals surface area contributed by atoms with Gasteiger partial charge in [-0.2, -0.15) is 0 Å². The summed E-state index contributed by atoms with van der Waals surface area (Å²) >= 11 is 0. The SMILES string of the molecule is CC1(C)CNCCC1NC(=O)Nc1ccc(OC(F)(F)F)cc1. The van der Waals surface area contributed by atoms with Crippen LogP contribution in [0.15, 0.2) is 24.3 Å². The van der Waals surface area contributed by atoms with Gasteiger partial charge in [0, 0.05) is 18.3 Å². The summed E-state index contributed by atoms with van der Waals surface area (Å²) in [6.07, 6.45) is -3.91. The van der Waals surface area contributed by atoms with Crippen LogP contribution in [0.5, 0.6) is 5.75 Å². The van der Waals surface area contributed by atoms with Crippen LogP contribution >= 0.6 is 0 Å². The number of hydrogen-bond acceptors (Lipinski definition) is 3. The third kappa shape index (κ3) is 5.31. The van der Waals surface area contributed by atoms with E-state index in [9.17, 15) is 18.0 Å². The number of alkyl halides is 3. The van der Waals surface area contributed by atoms with E-state index in [1.807, 2.05) is 0 Å². The third-order valence-electron chi connectivity index (χ3n) is 3.78. The molecular formula is C15H20F3N3O2. The van der Waals surface area contributed by atoms with Crippen LogP contribution in [0.1, 0.15) is 20.3 Å². The van der Waals surface area contributed by atoms with Gasteiger partial charge < -0.3 is 20.7 Å². The van der Waals surface area contributed by atoms with Crippen LogP contribution in [-0.4, -0.2) is 31.5 Å². The van der Waals surface area contributed by atoms with Crippen LogP contribution < -0.4 is 20.7 Å². The van der Waals surface area contributed by atoms with Crippen molar-refractivity contribution < 1.29 is 22.7 Å². The molecule has 0 saturated carbocycles. The van der Waals surface area contributed by atoms with Crippen LogP contribution in [0, 0.1) is 5.41 Å². The molecule has 2 amide bonds. The molecule has 1 aliphatic rings. The fourth-order valence-corrected chi connectivity index (χ4v) is 2.50. The molecule has 0 aromatic heterocycles. The summed E-state index contributed by atoms with van der Waals surface area (Å²) in [7, 11) is 0. The molecule has 3 N–H and O–H groups in total. The lowest BCUT2D eigenvalue weighted by atomic mass is 9.80. The minimum atomic E-state index is -4.73. The molecule has 1 aromatic rings. The first-order valence-corrected chi connectivity index (χ1v) is 7.30. The van der Waals surface area contributed by atoms with Crippen molar-refractivity contribution in [1.82, 2.24) is 10.6 Å². The fraction of sp³-hybridized carbons (Fsp3) is 0.533. The van der Waals surface area contributed by atoms with Gasteiger partial charge in [-0.1, -0.05) is 13.8 Å². The number of carbonyl (C=O) groups is 1. The lowest BCUT2D eigenvalue weighted by molar-refractivity contribution is -0.274. The second kappa shape index (κ2) is 6.66. The molecule has 5 nitrogen and oxygen atoms in total. The molecule has 1 unspecified atom stereocenters. The Hall–Kier alpha value is -1.96. The Balaban J connectivity index is 1.90. The molecule has 0 bridgehead atoms. The summed E-state index contributed by atoms with van der Waals surface area (Å²) in [5.74, 6) is -0.331. The van der Waals surface area contributed by atoms with Gasteiger partial charge in [0.1, 0.15) is 5.75 Å². The van der Waals surface area contributed by atoms with Gasteiger partial charge >= 0.3 is 12.4 Å².